The van der Waals surface area contributed by atoms with Gasteiger partial charge < -0.3 is 10.5 Å². The highest BCUT2D eigenvalue weighted by Crippen LogP contribution is 2.32. The number of aryl methyl sites for hydroxylation is 1. The van der Waals surface area contributed by atoms with Crippen LogP contribution in [0, 0.1) is 0 Å². The smallest absolute Gasteiger partial charge is 0.142 e. The molecule has 0 bridgehead atoms. The molecule has 0 spiro atoms. The number of ether oxygens (including phenoxy) is 1. The molecule has 1 heterocycles. The maximum Gasteiger partial charge on any atom is 0.142 e. The van der Waals surface area contributed by atoms with E-state index >= 15 is 0 Å². The van der Waals surface area contributed by atoms with Crippen LogP contribution in [0.25, 0.3) is 0 Å². The zero-order chi connectivity index (χ0) is 14.0. The summed E-state index contributed by atoms with van der Waals surface area (Å²) in [4.78, 5) is 0. The van der Waals surface area contributed by atoms with Crippen LogP contribution in [0.3, 0.4) is 0 Å². The fourth-order valence-electron chi connectivity index (χ4n) is 1.77. The van der Waals surface area contributed by atoms with E-state index in [4.69, 9.17) is 10.5 Å². The van der Waals surface area contributed by atoms with Gasteiger partial charge in [0.1, 0.15) is 11.9 Å². The SMILES string of the molecule is CC(N)C(Oc1ccc(Br)cc1Br)c1cnn(C)c1. The number of halogens is 2. The summed E-state index contributed by atoms with van der Waals surface area (Å²) in [6.45, 7) is 1.92. The Morgan fingerprint density at radius 1 is 1.37 bits per heavy atom. The largest absolute Gasteiger partial charge is 0.483 e. The first-order valence-electron chi connectivity index (χ1n) is 5.83. The van der Waals surface area contributed by atoms with E-state index < -0.39 is 0 Å². The molecule has 4 nitrogen and oxygen atoms in total. The Bertz CT molecular complexity index is 569. The van der Waals surface area contributed by atoms with Crippen LogP contribution in [0.5, 0.6) is 5.75 Å². The van der Waals surface area contributed by atoms with Gasteiger partial charge in [-0.15, -0.1) is 0 Å². The van der Waals surface area contributed by atoms with E-state index in [2.05, 4.69) is 37.0 Å². The zero-order valence-corrected chi connectivity index (χ0v) is 13.8. The lowest BCUT2D eigenvalue weighted by atomic mass is 10.1. The van der Waals surface area contributed by atoms with E-state index in [-0.39, 0.29) is 12.1 Å². The molecule has 0 aliphatic rings. The predicted octanol–water partition coefficient (Wildman–Crippen LogP) is 3.41. The number of nitrogens with two attached hydrogens (primary N) is 1. The minimum Gasteiger partial charge on any atom is -0.483 e. The predicted molar refractivity (Wildman–Crippen MR) is 82.1 cm³/mol. The number of hydrogen-bond donors (Lipinski definition) is 1. The first-order valence-corrected chi connectivity index (χ1v) is 7.42. The van der Waals surface area contributed by atoms with Gasteiger partial charge in [0.25, 0.3) is 0 Å². The summed E-state index contributed by atoms with van der Waals surface area (Å²) in [7, 11) is 1.87. The molecule has 2 aromatic rings. The van der Waals surface area contributed by atoms with Gasteiger partial charge in [-0.2, -0.15) is 5.10 Å². The number of aromatic nitrogens is 2. The monoisotopic (exact) mass is 387 g/mol. The van der Waals surface area contributed by atoms with Gasteiger partial charge >= 0.3 is 0 Å². The molecular formula is C13H15Br2N3O. The van der Waals surface area contributed by atoms with Gasteiger partial charge in [0.15, 0.2) is 0 Å². The number of hydrogen-bond acceptors (Lipinski definition) is 3. The second kappa shape index (κ2) is 6.07. The Hall–Kier alpha value is -0.850. The molecule has 1 aromatic carbocycles. The summed E-state index contributed by atoms with van der Waals surface area (Å²) in [5.41, 5.74) is 6.98. The second-order valence-electron chi connectivity index (χ2n) is 4.42. The van der Waals surface area contributed by atoms with Crippen molar-refractivity contribution in [3.63, 3.8) is 0 Å². The number of nitrogens with zero attached hydrogens (tertiary/aromatic N) is 2. The molecule has 0 aliphatic carbocycles. The summed E-state index contributed by atoms with van der Waals surface area (Å²) < 4.78 is 9.63. The molecule has 0 saturated carbocycles. The van der Waals surface area contributed by atoms with Gasteiger partial charge in [0.2, 0.25) is 0 Å². The topological polar surface area (TPSA) is 53.1 Å². The number of benzene rings is 1. The molecule has 2 N–H and O–H groups in total. The van der Waals surface area contributed by atoms with Crippen LogP contribution < -0.4 is 10.5 Å². The Morgan fingerprint density at radius 3 is 2.63 bits per heavy atom. The minimum absolute atomic E-state index is 0.139. The molecule has 19 heavy (non-hydrogen) atoms. The Morgan fingerprint density at radius 2 is 2.11 bits per heavy atom. The summed E-state index contributed by atoms with van der Waals surface area (Å²) in [6.07, 6.45) is 3.47. The lowest BCUT2D eigenvalue weighted by Crippen LogP contribution is -2.28. The average Bonchev–Trinajstić information content (AvgIpc) is 2.74. The molecule has 2 atom stereocenters. The van der Waals surface area contributed by atoms with Crippen molar-refractivity contribution < 1.29 is 4.74 Å². The zero-order valence-electron chi connectivity index (χ0n) is 10.7. The van der Waals surface area contributed by atoms with Gasteiger partial charge in [0.05, 0.1) is 10.7 Å². The van der Waals surface area contributed by atoms with Gasteiger partial charge in [-0.3, -0.25) is 4.68 Å². The Balaban J connectivity index is 2.26. The maximum atomic E-state index is 6.02. The van der Waals surface area contributed by atoms with Crippen LogP contribution in [-0.2, 0) is 7.05 Å². The molecule has 2 rings (SSSR count). The van der Waals surface area contributed by atoms with E-state index in [0.29, 0.717) is 0 Å². The third kappa shape index (κ3) is 3.58. The molecule has 1 aromatic heterocycles. The van der Waals surface area contributed by atoms with Crippen molar-refractivity contribution in [3.05, 3.63) is 45.1 Å². The highest BCUT2D eigenvalue weighted by molar-refractivity contribution is 9.11. The van der Waals surface area contributed by atoms with E-state index in [9.17, 15) is 0 Å². The first kappa shape index (κ1) is 14.6. The molecule has 0 amide bonds. The highest BCUT2D eigenvalue weighted by Gasteiger charge is 2.20. The molecule has 0 radical (unpaired) electrons. The summed E-state index contributed by atoms with van der Waals surface area (Å²) in [5, 5.41) is 4.16. The van der Waals surface area contributed by atoms with E-state index in [1.165, 1.54) is 0 Å². The van der Waals surface area contributed by atoms with E-state index in [1.807, 2.05) is 38.4 Å². The van der Waals surface area contributed by atoms with Gasteiger partial charge in [0, 0.05) is 29.3 Å². The van der Waals surface area contributed by atoms with Gasteiger partial charge in [-0.1, -0.05) is 15.9 Å². The molecule has 2 unspecified atom stereocenters. The number of rotatable bonds is 4. The van der Waals surface area contributed by atoms with Crippen molar-refractivity contribution in [3.8, 4) is 5.75 Å². The fraction of sp³-hybridized carbons (Fsp3) is 0.308. The molecule has 0 fully saturated rings. The van der Waals surface area contributed by atoms with Crippen LogP contribution in [0.1, 0.15) is 18.6 Å². The summed E-state index contributed by atoms with van der Waals surface area (Å²) in [5.74, 6) is 0.759. The van der Waals surface area contributed by atoms with Crippen molar-refractivity contribution in [2.45, 2.75) is 19.1 Å². The normalized spacial score (nSPS) is 14.2. The molecular weight excluding hydrogens is 374 g/mol. The fourth-order valence-corrected chi connectivity index (χ4v) is 2.91. The second-order valence-corrected chi connectivity index (χ2v) is 6.19. The van der Waals surface area contributed by atoms with Gasteiger partial charge in [-0.05, 0) is 41.1 Å². The highest BCUT2D eigenvalue weighted by atomic mass is 79.9. The summed E-state index contributed by atoms with van der Waals surface area (Å²) in [6, 6.07) is 5.64. The lowest BCUT2D eigenvalue weighted by Gasteiger charge is -2.22. The lowest BCUT2D eigenvalue weighted by molar-refractivity contribution is 0.179. The van der Waals surface area contributed by atoms with Crippen LogP contribution in [0.2, 0.25) is 0 Å². The first-order chi connectivity index (χ1) is 8.97. The van der Waals surface area contributed by atoms with Crippen molar-refractivity contribution in [2.75, 3.05) is 0 Å². The summed E-state index contributed by atoms with van der Waals surface area (Å²) >= 11 is 6.90. The van der Waals surface area contributed by atoms with Crippen molar-refractivity contribution >= 4 is 31.9 Å². The van der Waals surface area contributed by atoms with Crippen molar-refractivity contribution in [2.24, 2.45) is 12.8 Å². The van der Waals surface area contributed by atoms with Crippen LogP contribution >= 0.6 is 31.9 Å². The van der Waals surface area contributed by atoms with Crippen molar-refractivity contribution in [1.82, 2.24) is 9.78 Å². The van der Waals surface area contributed by atoms with Gasteiger partial charge in [-0.25, -0.2) is 0 Å². The molecule has 102 valence electrons. The molecule has 6 heteroatoms. The minimum atomic E-state index is -0.230. The third-order valence-electron chi connectivity index (χ3n) is 2.68. The van der Waals surface area contributed by atoms with E-state index in [0.717, 1.165) is 20.3 Å². The van der Waals surface area contributed by atoms with Crippen molar-refractivity contribution in [1.29, 1.82) is 0 Å². The third-order valence-corrected chi connectivity index (χ3v) is 3.79. The molecule has 0 saturated heterocycles. The maximum absolute atomic E-state index is 6.02. The average molecular weight is 389 g/mol. The van der Waals surface area contributed by atoms with Crippen LogP contribution in [0.15, 0.2) is 39.5 Å². The van der Waals surface area contributed by atoms with Crippen LogP contribution in [0.4, 0.5) is 0 Å². The van der Waals surface area contributed by atoms with E-state index in [1.54, 1.807) is 10.9 Å². The standard InChI is InChI=1S/C13H15Br2N3O/c1-8(16)13(9-6-17-18(2)7-9)19-12-4-3-10(14)5-11(12)15/h3-8,13H,16H2,1-2H3. The molecule has 0 aliphatic heterocycles. The van der Waals surface area contributed by atoms with Crippen LogP contribution in [-0.4, -0.2) is 15.8 Å². The quantitative estimate of drug-likeness (QED) is 0.872. The Kier molecular flexibility index (Phi) is 4.65. The Labute approximate surface area is 129 Å².